The average Bonchev–Trinajstić information content (AvgIpc) is 2.66. The molecule has 0 nitrogen and oxygen atoms in total. The first-order valence-electron chi connectivity index (χ1n) is 5.45. The van der Waals surface area contributed by atoms with Crippen LogP contribution >= 0.6 is 0 Å². The maximum atomic E-state index is 1.55. The van der Waals surface area contributed by atoms with Crippen molar-refractivity contribution < 1.29 is 0 Å². The van der Waals surface area contributed by atoms with Crippen molar-refractivity contribution in [3.63, 3.8) is 0 Å². The molecule has 0 spiro atoms. The Kier molecular flexibility index (Phi) is 2.50. The molecule has 0 bridgehead atoms. The Morgan fingerprint density at radius 2 is 1.27 bits per heavy atom. The minimum Gasteiger partial charge on any atom is -0.0530 e. The Labute approximate surface area is 70.4 Å². The third-order valence-corrected chi connectivity index (χ3v) is 3.40. The summed E-state index contributed by atoms with van der Waals surface area (Å²) in [5.74, 6) is 2.30. The summed E-state index contributed by atoms with van der Waals surface area (Å²) in [7, 11) is 0. The molecule has 0 aromatic rings. The Hall–Kier alpha value is 0. The van der Waals surface area contributed by atoms with E-state index in [1.807, 2.05) is 0 Å². The molecule has 0 radical (unpaired) electrons. The number of hydrogen-bond acceptors (Lipinski definition) is 0. The monoisotopic (exact) mass is 152 g/mol. The SMILES string of the molecule is C1CCC(CCCC2CC2)C1. The lowest BCUT2D eigenvalue weighted by molar-refractivity contribution is 0.463. The molecule has 0 aliphatic heterocycles. The van der Waals surface area contributed by atoms with Crippen LogP contribution in [0, 0.1) is 11.8 Å². The van der Waals surface area contributed by atoms with Gasteiger partial charge < -0.3 is 0 Å². The molecule has 0 aromatic heterocycles. The second-order valence-electron chi connectivity index (χ2n) is 4.52. The molecule has 2 saturated carbocycles. The largest absolute Gasteiger partial charge is 0.0530 e. The molecule has 0 heteroatoms. The van der Waals surface area contributed by atoms with Crippen molar-refractivity contribution in [3.05, 3.63) is 0 Å². The Balaban J connectivity index is 1.51. The highest BCUT2D eigenvalue weighted by Crippen LogP contribution is 2.36. The van der Waals surface area contributed by atoms with E-state index in [0.29, 0.717) is 0 Å². The zero-order valence-corrected chi connectivity index (χ0v) is 7.52. The standard InChI is InChI=1S/C11H20/c1-2-5-10(4-1)6-3-7-11-8-9-11/h10-11H,1-9H2. The van der Waals surface area contributed by atoms with Crippen LogP contribution < -0.4 is 0 Å². The van der Waals surface area contributed by atoms with Gasteiger partial charge in [0.15, 0.2) is 0 Å². The molecule has 2 aliphatic rings. The van der Waals surface area contributed by atoms with Crippen molar-refractivity contribution in [1.82, 2.24) is 0 Å². The summed E-state index contributed by atoms with van der Waals surface area (Å²) < 4.78 is 0. The van der Waals surface area contributed by atoms with Gasteiger partial charge in [0.25, 0.3) is 0 Å². The van der Waals surface area contributed by atoms with E-state index >= 15 is 0 Å². The van der Waals surface area contributed by atoms with Gasteiger partial charge in [-0.25, -0.2) is 0 Å². The Bertz CT molecular complexity index is 107. The summed E-state index contributed by atoms with van der Waals surface area (Å²) in [4.78, 5) is 0. The van der Waals surface area contributed by atoms with E-state index in [2.05, 4.69) is 0 Å². The minimum atomic E-state index is 1.13. The highest BCUT2D eigenvalue weighted by molar-refractivity contribution is 4.74. The van der Waals surface area contributed by atoms with E-state index in [9.17, 15) is 0 Å². The van der Waals surface area contributed by atoms with Crippen LogP contribution in [0.4, 0.5) is 0 Å². The normalized spacial score (nSPS) is 26.2. The summed E-state index contributed by atoms with van der Waals surface area (Å²) in [5, 5.41) is 0. The van der Waals surface area contributed by atoms with Crippen LogP contribution in [0.3, 0.4) is 0 Å². The van der Waals surface area contributed by atoms with E-state index in [-0.39, 0.29) is 0 Å². The highest BCUT2D eigenvalue weighted by atomic mass is 14.3. The predicted octanol–water partition coefficient (Wildman–Crippen LogP) is 3.76. The van der Waals surface area contributed by atoms with Crippen molar-refractivity contribution in [3.8, 4) is 0 Å². The molecule has 0 heterocycles. The molecule has 2 rings (SSSR count). The summed E-state index contributed by atoms with van der Waals surface area (Å²) in [6.45, 7) is 0. The van der Waals surface area contributed by atoms with Crippen molar-refractivity contribution in [2.45, 2.75) is 57.8 Å². The fourth-order valence-corrected chi connectivity index (χ4v) is 2.40. The smallest absolute Gasteiger partial charge is 0.0414 e. The molecule has 0 saturated heterocycles. The zero-order chi connectivity index (χ0) is 7.52. The number of rotatable bonds is 4. The van der Waals surface area contributed by atoms with Gasteiger partial charge in [0.2, 0.25) is 0 Å². The number of hydrogen-bond donors (Lipinski definition) is 0. The van der Waals surface area contributed by atoms with E-state index in [1.54, 1.807) is 38.5 Å². The third kappa shape index (κ3) is 2.50. The molecule has 0 amide bonds. The van der Waals surface area contributed by atoms with Crippen LogP contribution in [0.25, 0.3) is 0 Å². The van der Waals surface area contributed by atoms with Crippen molar-refractivity contribution in [2.24, 2.45) is 11.8 Å². The van der Waals surface area contributed by atoms with Crippen molar-refractivity contribution in [1.29, 1.82) is 0 Å². The molecular weight excluding hydrogens is 132 g/mol. The van der Waals surface area contributed by atoms with Crippen LogP contribution in [0.2, 0.25) is 0 Å². The quantitative estimate of drug-likeness (QED) is 0.575. The molecule has 64 valence electrons. The molecule has 0 aromatic carbocycles. The van der Waals surface area contributed by atoms with Gasteiger partial charge in [-0.2, -0.15) is 0 Å². The summed E-state index contributed by atoms with van der Waals surface area (Å²) in [6.07, 6.45) is 13.9. The van der Waals surface area contributed by atoms with E-state index < -0.39 is 0 Å². The minimum absolute atomic E-state index is 1.13. The summed E-state index contributed by atoms with van der Waals surface area (Å²) in [5.41, 5.74) is 0. The van der Waals surface area contributed by atoms with Gasteiger partial charge in [-0.3, -0.25) is 0 Å². The van der Waals surface area contributed by atoms with Gasteiger partial charge in [-0.1, -0.05) is 57.8 Å². The third-order valence-electron chi connectivity index (χ3n) is 3.40. The fourth-order valence-electron chi connectivity index (χ4n) is 2.40. The average molecular weight is 152 g/mol. The Morgan fingerprint density at radius 3 is 1.82 bits per heavy atom. The van der Waals surface area contributed by atoms with Gasteiger partial charge in [0, 0.05) is 0 Å². The van der Waals surface area contributed by atoms with Crippen LogP contribution in [-0.2, 0) is 0 Å². The molecule has 0 unspecified atom stereocenters. The second-order valence-corrected chi connectivity index (χ2v) is 4.52. The van der Waals surface area contributed by atoms with Crippen LogP contribution in [0.15, 0.2) is 0 Å². The zero-order valence-electron chi connectivity index (χ0n) is 7.52. The summed E-state index contributed by atoms with van der Waals surface area (Å²) in [6, 6.07) is 0. The van der Waals surface area contributed by atoms with Gasteiger partial charge in [0.1, 0.15) is 0 Å². The van der Waals surface area contributed by atoms with E-state index in [0.717, 1.165) is 11.8 Å². The van der Waals surface area contributed by atoms with Gasteiger partial charge >= 0.3 is 0 Å². The highest BCUT2D eigenvalue weighted by Gasteiger charge is 2.21. The van der Waals surface area contributed by atoms with Crippen molar-refractivity contribution in [2.75, 3.05) is 0 Å². The van der Waals surface area contributed by atoms with Crippen LogP contribution in [-0.4, -0.2) is 0 Å². The lowest BCUT2D eigenvalue weighted by Crippen LogP contribution is -1.92. The van der Waals surface area contributed by atoms with Gasteiger partial charge in [-0.15, -0.1) is 0 Å². The predicted molar refractivity (Wildman–Crippen MR) is 48.5 cm³/mol. The molecule has 0 atom stereocenters. The summed E-state index contributed by atoms with van der Waals surface area (Å²) >= 11 is 0. The molecule has 11 heavy (non-hydrogen) atoms. The van der Waals surface area contributed by atoms with Crippen molar-refractivity contribution >= 4 is 0 Å². The molecule has 2 aliphatic carbocycles. The molecular formula is C11H20. The molecule has 0 N–H and O–H groups in total. The maximum Gasteiger partial charge on any atom is -0.0414 e. The van der Waals surface area contributed by atoms with Gasteiger partial charge in [0.05, 0.1) is 0 Å². The first-order chi connectivity index (χ1) is 5.45. The van der Waals surface area contributed by atoms with Gasteiger partial charge in [-0.05, 0) is 11.8 Å². The van der Waals surface area contributed by atoms with E-state index in [4.69, 9.17) is 0 Å². The maximum absolute atomic E-state index is 1.55. The lowest BCUT2D eigenvalue weighted by atomic mass is 10.00. The van der Waals surface area contributed by atoms with E-state index in [1.165, 1.54) is 19.3 Å². The lowest BCUT2D eigenvalue weighted by Gasteiger charge is -2.06. The first-order valence-corrected chi connectivity index (χ1v) is 5.45. The van der Waals surface area contributed by atoms with Crippen LogP contribution in [0.1, 0.15) is 57.8 Å². The molecule has 2 fully saturated rings. The fraction of sp³-hybridized carbons (Fsp3) is 1.00. The topological polar surface area (TPSA) is 0 Å². The first kappa shape index (κ1) is 7.64. The second kappa shape index (κ2) is 3.60. The Morgan fingerprint density at radius 1 is 0.727 bits per heavy atom. The van der Waals surface area contributed by atoms with Crippen LogP contribution in [0.5, 0.6) is 0 Å².